The standard InChI is InChI=1S/C16H18O7/c1-7-6-9(18)12-13(19)11-8(17)4-3-5-10(11)23-16(12,14(7)20)15(21)22-2/h3-5,7,9,12,14,17-18,20H,6H2,1-2H3. The molecule has 3 N–H and O–H groups in total. The Hall–Kier alpha value is -2.12. The molecule has 1 aliphatic carbocycles. The molecule has 0 spiro atoms. The topological polar surface area (TPSA) is 113 Å². The number of esters is 1. The van der Waals surface area contributed by atoms with E-state index in [2.05, 4.69) is 0 Å². The third-order valence-corrected chi connectivity index (χ3v) is 4.75. The predicted molar refractivity (Wildman–Crippen MR) is 77.1 cm³/mol. The van der Waals surface area contributed by atoms with E-state index in [1.807, 2.05) is 0 Å². The summed E-state index contributed by atoms with van der Waals surface area (Å²) in [5.41, 5.74) is -2.12. The zero-order valence-electron chi connectivity index (χ0n) is 12.7. The van der Waals surface area contributed by atoms with Crippen molar-refractivity contribution >= 4 is 11.8 Å². The van der Waals surface area contributed by atoms with Crippen molar-refractivity contribution in [1.29, 1.82) is 0 Å². The minimum atomic E-state index is -2.02. The molecule has 1 aromatic carbocycles. The third-order valence-electron chi connectivity index (χ3n) is 4.75. The zero-order valence-corrected chi connectivity index (χ0v) is 12.7. The van der Waals surface area contributed by atoms with Crippen LogP contribution >= 0.6 is 0 Å². The quantitative estimate of drug-likeness (QED) is 0.635. The smallest absolute Gasteiger partial charge is 0.353 e. The summed E-state index contributed by atoms with van der Waals surface area (Å²) in [7, 11) is 1.12. The van der Waals surface area contributed by atoms with Gasteiger partial charge in [-0.3, -0.25) is 4.79 Å². The number of benzene rings is 1. The maximum absolute atomic E-state index is 12.8. The summed E-state index contributed by atoms with van der Waals surface area (Å²) in [5.74, 6) is -3.71. The first-order valence-corrected chi connectivity index (χ1v) is 7.34. The molecule has 1 aliphatic heterocycles. The molecule has 7 nitrogen and oxygen atoms in total. The number of Topliss-reactive ketones (excluding diaryl/α,β-unsaturated/α-hetero) is 1. The number of phenols is 1. The van der Waals surface area contributed by atoms with E-state index in [1.165, 1.54) is 18.2 Å². The van der Waals surface area contributed by atoms with Gasteiger partial charge in [0.2, 0.25) is 5.60 Å². The fourth-order valence-corrected chi connectivity index (χ4v) is 3.67. The molecule has 2 aliphatic rings. The zero-order chi connectivity index (χ0) is 16.9. The Morgan fingerprint density at radius 3 is 2.74 bits per heavy atom. The molecule has 1 saturated carbocycles. The molecule has 1 heterocycles. The molecule has 23 heavy (non-hydrogen) atoms. The molecular formula is C16H18O7. The van der Waals surface area contributed by atoms with E-state index >= 15 is 0 Å². The van der Waals surface area contributed by atoms with Crippen LogP contribution in [0.4, 0.5) is 0 Å². The van der Waals surface area contributed by atoms with Gasteiger partial charge < -0.3 is 24.8 Å². The van der Waals surface area contributed by atoms with Gasteiger partial charge in [0.1, 0.15) is 29.1 Å². The Bertz CT molecular complexity index is 670. The molecule has 1 aromatic rings. The van der Waals surface area contributed by atoms with Crippen molar-refractivity contribution in [3.63, 3.8) is 0 Å². The van der Waals surface area contributed by atoms with E-state index in [1.54, 1.807) is 6.92 Å². The molecule has 7 heteroatoms. The highest BCUT2D eigenvalue weighted by molar-refractivity contribution is 6.08. The van der Waals surface area contributed by atoms with Crippen LogP contribution in [0.2, 0.25) is 0 Å². The van der Waals surface area contributed by atoms with Gasteiger partial charge in [0.15, 0.2) is 5.78 Å². The van der Waals surface area contributed by atoms with E-state index in [0.717, 1.165) is 7.11 Å². The molecule has 5 unspecified atom stereocenters. The molecule has 0 amide bonds. The first kappa shape index (κ1) is 15.8. The second-order valence-electron chi connectivity index (χ2n) is 6.10. The lowest BCUT2D eigenvalue weighted by Crippen LogP contribution is -2.70. The van der Waals surface area contributed by atoms with Gasteiger partial charge >= 0.3 is 5.97 Å². The van der Waals surface area contributed by atoms with Crippen molar-refractivity contribution in [3.05, 3.63) is 23.8 Å². The van der Waals surface area contributed by atoms with Gasteiger partial charge in [0, 0.05) is 0 Å². The van der Waals surface area contributed by atoms with Gasteiger partial charge in [-0.15, -0.1) is 0 Å². The number of fused-ring (bicyclic) bond motifs is 2. The summed E-state index contributed by atoms with van der Waals surface area (Å²) >= 11 is 0. The summed E-state index contributed by atoms with van der Waals surface area (Å²) in [6.07, 6.45) is -2.40. The van der Waals surface area contributed by atoms with Crippen LogP contribution in [0, 0.1) is 11.8 Å². The number of carbonyl (C=O) groups is 2. The van der Waals surface area contributed by atoms with Crippen molar-refractivity contribution in [2.75, 3.05) is 7.11 Å². The number of carbonyl (C=O) groups excluding carboxylic acids is 2. The number of hydrogen-bond donors (Lipinski definition) is 3. The van der Waals surface area contributed by atoms with Crippen molar-refractivity contribution in [2.24, 2.45) is 11.8 Å². The number of aromatic hydroxyl groups is 1. The lowest BCUT2D eigenvalue weighted by Gasteiger charge is -2.50. The van der Waals surface area contributed by atoms with Crippen LogP contribution in [-0.2, 0) is 9.53 Å². The molecule has 0 aromatic heterocycles. The first-order valence-electron chi connectivity index (χ1n) is 7.34. The number of methoxy groups -OCH3 is 1. The van der Waals surface area contributed by atoms with Crippen LogP contribution in [0.5, 0.6) is 11.5 Å². The molecule has 124 valence electrons. The lowest BCUT2D eigenvalue weighted by atomic mass is 9.63. The highest BCUT2D eigenvalue weighted by Crippen LogP contribution is 2.49. The number of aliphatic hydroxyl groups excluding tert-OH is 2. The van der Waals surface area contributed by atoms with E-state index in [4.69, 9.17) is 9.47 Å². The Kier molecular flexibility index (Phi) is 3.57. The molecule has 0 bridgehead atoms. The number of hydrogen-bond acceptors (Lipinski definition) is 7. The van der Waals surface area contributed by atoms with Crippen LogP contribution in [0.25, 0.3) is 0 Å². The predicted octanol–water partition coefficient (Wildman–Crippen LogP) is 0.257. The summed E-state index contributed by atoms with van der Waals surface area (Å²) in [5, 5.41) is 30.9. The number of ether oxygens (including phenoxy) is 2. The highest BCUT2D eigenvalue weighted by atomic mass is 16.6. The van der Waals surface area contributed by atoms with E-state index in [0.29, 0.717) is 0 Å². The molecule has 3 rings (SSSR count). The van der Waals surface area contributed by atoms with Crippen LogP contribution in [-0.4, -0.2) is 52.0 Å². The van der Waals surface area contributed by atoms with Crippen LogP contribution in [0.3, 0.4) is 0 Å². The number of phenolic OH excluding ortho intramolecular Hbond substituents is 1. The summed E-state index contributed by atoms with van der Waals surface area (Å²) in [6, 6.07) is 4.20. The third kappa shape index (κ3) is 1.96. The summed E-state index contributed by atoms with van der Waals surface area (Å²) in [6.45, 7) is 1.65. The van der Waals surface area contributed by atoms with Crippen LogP contribution < -0.4 is 4.74 Å². The van der Waals surface area contributed by atoms with Crippen molar-refractivity contribution in [3.8, 4) is 11.5 Å². The average Bonchev–Trinajstić information content (AvgIpc) is 2.51. The van der Waals surface area contributed by atoms with E-state index in [-0.39, 0.29) is 23.5 Å². The Morgan fingerprint density at radius 2 is 2.09 bits per heavy atom. The normalized spacial score (nSPS) is 35.7. The molecule has 5 atom stereocenters. The van der Waals surface area contributed by atoms with Gasteiger partial charge in [0.25, 0.3) is 0 Å². The van der Waals surface area contributed by atoms with E-state index in [9.17, 15) is 24.9 Å². The fourth-order valence-electron chi connectivity index (χ4n) is 3.67. The maximum atomic E-state index is 12.8. The van der Waals surface area contributed by atoms with Crippen molar-refractivity contribution in [2.45, 2.75) is 31.2 Å². The molecule has 0 radical (unpaired) electrons. The van der Waals surface area contributed by atoms with Gasteiger partial charge in [-0.1, -0.05) is 13.0 Å². The average molecular weight is 322 g/mol. The number of aliphatic hydroxyl groups is 2. The van der Waals surface area contributed by atoms with Crippen LogP contribution in [0.1, 0.15) is 23.7 Å². The largest absolute Gasteiger partial charge is 0.507 e. The Labute approximate surface area is 132 Å². The number of ketones is 1. The monoisotopic (exact) mass is 322 g/mol. The highest BCUT2D eigenvalue weighted by Gasteiger charge is 2.66. The molecular weight excluding hydrogens is 304 g/mol. The Morgan fingerprint density at radius 1 is 1.39 bits per heavy atom. The van der Waals surface area contributed by atoms with Gasteiger partial charge in [-0.25, -0.2) is 4.79 Å². The second kappa shape index (κ2) is 5.21. The Balaban J connectivity index is 2.25. The van der Waals surface area contributed by atoms with Gasteiger partial charge in [-0.05, 0) is 24.5 Å². The summed E-state index contributed by atoms with van der Waals surface area (Å²) in [4.78, 5) is 25.3. The van der Waals surface area contributed by atoms with Gasteiger partial charge in [0.05, 0.1) is 13.2 Å². The maximum Gasteiger partial charge on any atom is 0.353 e. The summed E-state index contributed by atoms with van der Waals surface area (Å²) < 4.78 is 10.5. The first-order chi connectivity index (χ1) is 10.8. The second-order valence-corrected chi connectivity index (χ2v) is 6.10. The lowest BCUT2D eigenvalue weighted by molar-refractivity contribution is -0.201. The minimum absolute atomic E-state index is 0.0167. The fraction of sp³-hybridized carbons (Fsp3) is 0.500. The van der Waals surface area contributed by atoms with Crippen LogP contribution in [0.15, 0.2) is 18.2 Å². The number of rotatable bonds is 1. The molecule has 1 fully saturated rings. The molecule has 0 saturated heterocycles. The SMILES string of the molecule is COC(=O)C12Oc3cccc(O)c3C(=O)C1C(O)CC(C)C2O. The van der Waals surface area contributed by atoms with Crippen molar-refractivity contribution in [1.82, 2.24) is 0 Å². The van der Waals surface area contributed by atoms with E-state index < -0.39 is 41.4 Å². The van der Waals surface area contributed by atoms with Gasteiger partial charge in [-0.2, -0.15) is 0 Å². The minimum Gasteiger partial charge on any atom is -0.507 e. The van der Waals surface area contributed by atoms with Crippen molar-refractivity contribution < 1.29 is 34.4 Å².